The molecule has 0 aromatic rings. The maximum absolute atomic E-state index is 12.6. The molecule has 1 aliphatic heterocycles. The third kappa shape index (κ3) is 4.37. The van der Waals surface area contributed by atoms with Gasteiger partial charge in [0, 0.05) is 19.6 Å². The smallest absolute Gasteiger partial charge is 0.320 e. The predicted octanol–water partition coefficient (Wildman–Crippen LogP) is 3.74. The Morgan fingerprint density at radius 3 is 2.38 bits per heavy atom. The second-order valence-electron chi connectivity index (χ2n) is 7.10. The van der Waals surface area contributed by atoms with E-state index in [2.05, 4.69) is 45.0 Å². The molecule has 3 nitrogen and oxygen atoms in total. The topological polar surface area (TPSA) is 23.6 Å². The zero-order valence-electron chi connectivity index (χ0n) is 14.7. The van der Waals surface area contributed by atoms with E-state index in [1.165, 1.54) is 5.57 Å². The molecule has 1 saturated heterocycles. The Labute approximate surface area is 131 Å². The Morgan fingerprint density at radius 1 is 1.33 bits per heavy atom. The summed E-state index contributed by atoms with van der Waals surface area (Å²) in [5.41, 5.74) is 4.42. The first-order chi connectivity index (χ1) is 9.63. The van der Waals surface area contributed by atoms with Crippen LogP contribution in [0.5, 0.6) is 0 Å². The van der Waals surface area contributed by atoms with Gasteiger partial charge in [0.15, 0.2) is 0 Å². The van der Waals surface area contributed by atoms with Crippen molar-refractivity contribution in [3.63, 3.8) is 0 Å². The highest BCUT2D eigenvalue weighted by atomic mass is 28.3. The highest BCUT2D eigenvalue weighted by molar-refractivity contribution is 6.83. The maximum Gasteiger partial charge on any atom is 0.320 e. The molecule has 0 spiro atoms. The van der Waals surface area contributed by atoms with Crippen molar-refractivity contribution >= 4 is 14.1 Å². The molecule has 0 aromatic carbocycles. The van der Waals surface area contributed by atoms with E-state index in [4.69, 9.17) is 0 Å². The summed E-state index contributed by atoms with van der Waals surface area (Å²) in [6.07, 6.45) is 2.98. The summed E-state index contributed by atoms with van der Waals surface area (Å²) in [5, 5.41) is 0. The average molecular weight is 307 g/mol. The molecule has 0 aliphatic carbocycles. The van der Waals surface area contributed by atoms with Crippen LogP contribution >= 0.6 is 0 Å². The number of rotatable bonds is 2. The minimum Gasteiger partial charge on any atom is -0.325 e. The van der Waals surface area contributed by atoms with Crippen molar-refractivity contribution in [3.8, 4) is 11.5 Å². The second-order valence-corrected chi connectivity index (χ2v) is 11.9. The van der Waals surface area contributed by atoms with Crippen LogP contribution in [0.2, 0.25) is 19.6 Å². The molecule has 1 fully saturated rings. The van der Waals surface area contributed by atoms with Crippen LogP contribution in [0, 0.1) is 11.5 Å². The number of carbonyl (C=O) groups is 1. The number of carbonyl (C=O) groups excluding carboxylic acids is 1. The van der Waals surface area contributed by atoms with Crippen LogP contribution in [0.15, 0.2) is 11.6 Å². The molecule has 0 unspecified atom stereocenters. The summed E-state index contributed by atoms with van der Waals surface area (Å²) in [6, 6.07) is 0.145. The molecule has 21 heavy (non-hydrogen) atoms. The first-order valence-corrected chi connectivity index (χ1v) is 11.4. The minimum atomic E-state index is -1.34. The standard InChI is InChI=1S/C17H30N2OSi/c1-8-18(9-2)16(20)19-13-12-15(17(19,3)4)11-10-14-21(5,6)7/h11H,8-9,12-13H2,1-7H3. The lowest BCUT2D eigenvalue weighted by molar-refractivity contribution is 0.137. The molecule has 2 amide bonds. The SMILES string of the molecule is CCN(CC)C(=O)N1CCC(=CC#C[Si](C)(C)C)C1(C)C. The number of likely N-dealkylation sites (tertiary alicyclic amines) is 1. The monoisotopic (exact) mass is 306 g/mol. The molecule has 0 N–H and O–H groups in total. The molecule has 1 heterocycles. The van der Waals surface area contributed by atoms with Crippen molar-refractivity contribution in [2.24, 2.45) is 0 Å². The van der Waals surface area contributed by atoms with Crippen molar-refractivity contribution in [3.05, 3.63) is 11.6 Å². The Balaban J connectivity index is 2.94. The van der Waals surface area contributed by atoms with Crippen molar-refractivity contribution in [1.29, 1.82) is 0 Å². The molecule has 1 aliphatic rings. The fraction of sp³-hybridized carbons (Fsp3) is 0.706. The van der Waals surface area contributed by atoms with Crippen LogP contribution in [0.4, 0.5) is 4.79 Å². The Kier molecular flexibility index (Phi) is 5.69. The predicted molar refractivity (Wildman–Crippen MR) is 92.9 cm³/mol. The van der Waals surface area contributed by atoms with Crippen molar-refractivity contribution in [2.45, 2.75) is 59.3 Å². The molecule has 0 atom stereocenters. The maximum atomic E-state index is 12.6. The highest BCUT2D eigenvalue weighted by Gasteiger charge is 2.40. The van der Waals surface area contributed by atoms with Crippen LogP contribution in [-0.2, 0) is 0 Å². The summed E-state index contributed by atoms with van der Waals surface area (Å²) < 4.78 is 0. The summed E-state index contributed by atoms with van der Waals surface area (Å²) in [4.78, 5) is 16.5. The lowest BCUT2D eigenvalue weighted by atomic mass is 9.95. The van der Waals surface area contributed by atoms with E-state index in [1.807, 2.05) is 29.7 Å². The van der Waals surface area contributed by atoms with E-state index in [9.17, 15) is 4.79 Å². The number of hydrogen-bond donors (Lipinski definition) is 0. The molecule has 118 valence electrons. The van der Waals surface area contributed by atoms with Crippen LogP contribution in [-0.4, -0.2) is 49.1 Å². The minimum absolute atomic E-state index is 0.145. The van der Waals surface area contributed by atoms with Crippen LogP contribution < -0.4 is 0 Å². The van der Waals surface area contributed by atoms with Gasteiger partial charge in [-0.05, 0) is 45.8 Å². The van der Waals surface area contributed by atoms with E-state index in [0.717, 1.165) is 26.1 Å². The van der Waals surface area contributed by atoms with Crippen molar-refractivity contribution in [2.75, 3.05) is 19.6 Å². The van der Waals surface area contributed by atoms with Gasteiger partial charge in [-0.15, -0.1) is 5.54 Å². The van der Waals surface area contributed by atoms with Gasteiger partial charge >= 0.3 is 6.03 Å². The van der Waals surface area contributed by atoms with Gasteiger partial charge in [0.1, 0.15) is 8.07 Å². The first kappa shape index (κ1) is 17.8. The summed E-state index contributed by atoms with van der Waals surface area (Å²) >= 11 is 0. The van der Waals surface area contributed by atoms with Crippen LogP contribution in [0.1, 0.15) is 34.1 Å². The summed E-state index contributed by atoms with van der Waals surface area (Å²) in [5.74, 6) is 3.24. The third-order valence-electron chi connectivity index (χ3n) is 4.02. The van der Waals surface area contributed by atoms with Gasteiger partial charge in [0.25, 0.3) is 0 Å². The van der Waals surface area contributed by atoms with Gasteiger partial charge in [0.05, 0.1) is 5.54 Å². The van der Waals surface area contributed by atoms with Crippen LogP contribution in [0.25, 0.3) is 0 Å². The number of amides is 2. The van der Waals surface area contributed by atoms with Crippen LogP contribution in [0.3, 0.4) is 0 Å². The third-order valence-corrected chi connectivity index (χ3v) is 4.92. The molecule has 4 heteroatoms. The molecule has 0 aromatic heterocycles. The molecule has 0 radical (unpaired) electrons. The number of hydrogen-bond acceptors (Lipinski definition) is 1. The first-order valence-electron chi connectivity index (χ1n) is 7.92. The van der Waals surface area contributed by atoms with E-state index in [1.54, 1.807) is 0 Å². The van der Waals surface area contributed by atoms with Gasteiger partial charge in [-0.1, -0.05) is 25.6 Å². The fourth-order valence-corrected chi connectivity index (χ4v) is 3.08. The van der Waals surface area contributed by atoms with Gasteiger partial charge in [-0.3, -0.25) is 0 Å². The number of urea groups is 1. The summed E-state index contributed by atoms with van der Waals surface area (Å²) in [6.45, 7) is 17.4. The van der Waals surface area contributed by atoms with Gasteiger partial charge in [-0.2, -0.15) is 0 Å². The molecule has 0 saturated carbocycles. The van der Waals surface area contributed by atoms with Gasteiger partial charge < -0.3 is 9.80 Å². The largest absolute Gasteiger partial charge is 0.325 e. The quantitative estimate of drug-likeness (QED) is 0.563. The Morgan fingerprint density at radius 2 is 1.90 bits per heavy atom. The molecule has 0 bridgehead atoms. The van der Waals surface area contributed by atoms with Crippen molar-refractivity contribution < 1.29 is 4.79 Å². The Hall–Kier alpha value is -1.21. The second kappa shape index (κ2) is 6.70. The van der Waals surface area contributed by atoms with E-state index >= 15 is 0 Å². The lowest BCUT2D eigenvalue weighted by Gasteiger charge is -2.36. The zero-order chi connectivity index (χ0) is 16.3. The van der Waals surface area contributed by atoms with E-state index in [-0.39, 0.29) is 11.6 Å². The summed E-state index contributed by atoms with van der Waals surface area (Å²) in [7, 11) is -1.34. The number of nitrogens with zero attached hydrogens (tertiary/aromatic N) is 2. The lowest BCUT2D eigenvalue weighted by Crippen LogP contribution is -2.50. The van der Waals surface area contributed by atoms with Gasteiger partial charge in [0.2, 0.25) is 0 Å². The fourth-order valence-electron chi connectivity index (χ4n) is 2.58. The highest BCUT2D eigenvalue weighted by Crippen LogP contribution is 2.34. The van der Waals surface area contributed by atoms with Gasteiger partial charge in [-0.25, -0.2) is 4.79 Å². The zero-order valence-corrected chi connectivity index (χ0v) is 15.7. The molecule has 1 rings (SSSR count). The molecular weight excluding hydrogens is 276 g/mol. The normalized spacial score (nSPS) is 19.4. The Bertz CT molecular complexity index is 473. The number of allylic oxidation sites excluding steroid dienone is 1. The van der Waals surface area contributed by atoms with Crippen molar-refractivity contribution in [1.82, 2.24) is 9.80 Å². The average Bonchev–Trinajstić information content (AvgIpc) is 2.65. The van der Waals surface area contributed by atoms with E-state index in [0.29, 0.717) is 0 Å². The molecular formula is C17H30N2OSi. The van der Waals surface area contributed by atoms with E-state index < -0.39 is 8.07 Å².